The standard InChI is InChI=1S/C15H18F3NO3/c1-19-7-6-10(8-19)13(14(20)21)9-22-12-4-2-11(3-5-12)15(16,17)18/h2-5,10,13H,6-9H2,1H3,(H,20,21). The lowest BCUT2D eigenvalue weighted by molar-refractivity contribution is -0.144. The summed E-state index contributed by atoms with van der Waals surface area (Å²) >= 11 is 0. The molecule has 122 valence electrons. The Balaban J connectivity index is 1.96. The van der Waals surface area contributed by atoms with Gasteiger partial charge in [-0.15, -0.1) is 0 Å². The highest BCUT2D eigenvalue weighted by Gasteiger charge is 2.33. The first-order chi connectivity index (χ1) is 10.3. The lowest BCUT2D eigenvalue weighted by Gasteiger charge is -2.20. The number of likely N-dealkylation sites (tertiary alicyclic amines) is 1. The second-order valence-corrected chi connectivity index (χ2v) is 5.59. The molecule has 1 saturated heterocycles. The third-order valence-corrected chi connectivity index (χ3v) is 3.93. The van der Waals surface area contributed by atoms with Gasteiger partial charge in [0.2, 0.25) is 0 Å². The quantitative estimate of drug-likeness (QED) is 0.907. The number of halogens is 3. The van der Waals surface area contributed by atoms with Crippen molar-refractivity contribution in [1.82, 2.24) is 4.90 Å². The van der Waals surface area contributed by atoms with Gasteiger partial charge in [-0.1, -0.05) is 0 Å². The van der Waals surface area contributed by atoms with E-state index >= 15 is 0 Å². The number of alkyl halides is 3. The minimum Gasteiger partial charge on any atom is -0.493 e. The van der Waals surface area contributed by atoms with Crippen LogP contribution >= 0.6 is 0 Å². The van der Waals surface area contributed by atoms with Crippen LogP contribution in [0.3, 0.4) is 0 Å². The molecule has 1 aromatic rings. The molecule has 1 N–H and O–H groups in total. The second kappa shape index (κ2) is 6.56. The normalized spacial score (nSPS) is 20.8. The summed E-state index contributed by atoms with van der Waals surface area (Å²) in [6.07, 6.45) is -3.61. The molecule has 0 aromatic heterocycles. The molecule has 0 saturated carbocycles. The van der Waals surface area contributed by atoms with Gasteiger partial charge in [-0.2, -0.15) is 13.2 Å². The largest absolute Gasteiger partial charge is 0.493 e. The van der Waals surface area contributed by atoms with E-state index in [1.165, 1.54) is 12.1 Å². The van der Waals surface area contributed by atoms with Crippen LogP contribution in [-0.4, -0.2) is 42.7 Å². The van der Waals surface area contributed by atoms with Gasteiger partial charge in [-0.25, -0.2) is 0 Å². The maximum atomic E-state index is 12.5. The van der Waals surface area contributed by atoms with E-state index in [0.29, 0.717) is 6.54 Å². The molecule has 2 rings (SSSR count). The Bertz CT molecular complexity index is 516. The number of hydrogen-bond acceptors (Lipinski definition) is 3. The van der Waals surface area contributed by atoms with Crippen molar-refractivity contribution in [2.24, 2.45) is 11.8 Å². The Morgan fingerprint density at radius 3 is 2.50 bits per heavy atom. The molecule has 7 heteroatoms. The number of nitrogens with zero attached hydrogens (tertiary/aromatic N) is 1. The van der Waals surface area contributed by atoms with Crippen LogP contribution in [0.1, 0.15) is 12.0 Å². The van der Waals surface area contributed by atoms with E-state index in [-0.39, 0.29) is 18.3 Å². The average molecular weight is 317 g/mol. The van der Waals surface area contributed by atoms with Gasteiger partial charge >= 0.3 is 12.1 Å². The smallest absolute Gasteiger partial charge is 0.416 e. The zero-order chi connectivity index (χ0) is 16.3. The summed E-state index contributed by atoms with van der Waals surface area (Å²) in [6, 6.07) is 4.27. The van der Waals surface area contributed by atoms with Crippen LogP contribution in [0.25, 0.3) is 0 Å². The summed E-state index contributed by atoms with van der Waals surface area (Å²) in [6.45, 7) is 1.49. The SMILES string of the molecule is CN1CCC(C(COc2ccc(C(F)(F)F)cc2)C(=O)O)C1. The minimum atomic E-state index is -4.39. The lowest BCUT2D eigenvalue weighted by atomic mass is 9.92. The van der Waals surface area contributed by atoms with Crippen molar-refractivity contribution in [2.45, 2.75) is 12.6 Å². The summed E-state index contributed by atoms with van der Waals surface area (Å²) < 4.78 is 42.8. The van der Waals surface area contributed by atoms with Crippen molar-refractivity contribution in [1.29, 1.82) is 0 Å². The molecule has 1 aliphatic rings. The van der Waals surface area contributed by atoms with Gasteiger partial charge in [-0.3, -0.25) is 4.79 Å². The van der Waals surface area contributed by atoms with Crippen molar-refractivity contribution in [3.63, 3.8) is 0 Å². The molecule has 4 nitrogen and oxygen atoms in total. The lowest BCUT2D eigenvalue weighted by Crippen LogP contribution is -2.31. The summed E-state index contributed by atoms with van der Waals surface area (Å²) in [5, 5.41) is 9.30. The van der Waals surface area contributed by atoms with Crippen LogP contribution < -0.4 is 4.74 Å². The van der Waals surface area contributed by atoms with E-state index in [0.717, 1.165) is 25.1 Å². The Morgan fingerprint density at radius 2 is 2.05 bits per heavy atom. The molecule has 0 bridgehead atoms. The molecule has 2 unspecified atom stereocenters. The first-order valence-corrected chi connectivity index (χ1v) is 6.99. The van der Waals surface area contributed by atoms with Crippen LogP contribution in [0.15, 0.2) is 24.3 Å². The molecule has 22 heavy (non-hydrogen) atoms. The summed E-state index contributed by atoms with van der Waals surface area (Å²) in [5.74, 6) is -1.36. The molecule has 0 spiro atoms. The topological polar surface area (TPSA) is 49.8 Å². The van der Waals surface area contributed by atoms with E-state index in [2.05, 4.69) is 4.90 Å². The highest BCUT2D eigenvalue weighted by atomic mass is 19.4. The van der Waals surface area contributed by atoms with Crippen molar-refractivity contribution in [3.05, 3.63) is 29.8 Å². The second-order valence-electron chi connectivity index (χ2n) is 5.59. The van der Waals surface area contributed by atoms with Gasteiger partial charge in [0.25, 0.3) is 0 Å². The number of rotatable bonds is 5. The molecule has 1 aliphatic heterocycles. The van der Waals surface area contributed by atoms with Gasteiger partial charge in [0.05, 0.1) is 11.5 Å². The average Bonchev–Trinajstić information content (AvgIpc) is 2.84. The number of ether oxygens (including phenoxy) is 1. The first-order valence-electron chi connectivity index (χ1n) is 6.99. The van der Waals surface area contributed by atoms with Crippen LogP contribution in [0.2, 0.25) is 0 Å². The first kappa shape index (κ1) is 16.6. The third-order valence-electron chi connectivity index (χ3n) is 3.93. The fourth-order valence-corrected chi connectivity index (χ4v) is 2.63. The third kappa shape index (κ3) is 4.13. The Labute approximate surface area is 126 Å². The predicted molar refractivity (Wildman–Crippen MR) is 73.7 cm³/mol. The number of aliphatic carboxylic acids is 1. The van der Waals surface area contributed by atoms with Gasteiger partial charge in [0.15, 0.2) is 0 Å². The fourth-order valence-electron chi connectivity index (χ4n) is 2.63. The van der Waals surface area contributed by atoms with Gasteiger partial charge < -0.3 is 14.7 Å². The zero-order valence-corrected chi connectivity index (χ0v) is 12.1. The maximum absolute atomic E-state index is 12.5. The number of carboxylic acid groups (broad SMARTS) is 1. The van der Waals surface area contributed by atoms with Crippen molar-refractivity contribution in [2.75, 3.05) is 26.7 Å². The van der Waals surface area contributed by atoms with Crippen molar-refractivity contribution >= 4 is 5.97 Å². The molecule has 1 fully saturated rings. The maximum Gasteiger partial charge on any atom is 0.416 e. The number of benzene rings is 1. The van der Waals surface area contributed by atoms with E-state index in [1.54, 1.807) is 0 Å². The summed E-state index contributed by atoms with van der Waals surface area (Å²) in [7, 11) is 1.93. The highest BCUT2D eigenvalue weighted by Crippen LogP contribution is 2.30. The van der Waals surface area contributed by atoms with Crippen LogP contribution in [0, 0.1) is 11.8 Å². The Morgan fingerprint density at radius 1 is 1.41 bits per heavy atom. The predicted octanol–water partition coefficient (Wildman–Crippen LogP) is 2.74. The van der Waals surface area contributed by atoms with E-state index in [1.807, 2.05) is 7.05 Å². The summed E-state index contributed by atoms with van der Waals surface area (Å²) in [4.78, 5) is 13.4. The number of carboxylic acids is 1. The van der Waals surface area contributed by atoms with Crippen LogP contribution in [-0.2, 0) is 11.0 Å². The molecule has 1 heterocycles. The van der Waals surface area contributed by atoms with E-state index in [4.69, 9.17) is 4.74 Å². The van der Waals surface area contributed by atoms with Crippen LogP contribution in [0.5, 0.6) is 5.75 Å². The summed E-state index contributed by atoms with van der Waals surface area (Å²) in [5.41, 5.74) is -0.757. The van der Waals surface area contributed by atoms with E-state index < -0.39 is 23.6 Å². The molecular formula is C15H18F3NO3. The molecule has 2 atom stereocenters. The van der Waals surface area contributed by atoms with Crippen molar-refractivity contribution in [3.8, 4) is 5.75 Å². The molecule has 1 aromatic carbocycles. The minimum absolute atomic E-state index is 0.00283. The van der Waals surface area contributed by atoms with Crippen LogP contribution in [0.4, 0.5) is 13.2 Å². The fraction of sp³-hybridized carbons (Fsp3) is 0.533. The van der Waals surface area contributed by atoms with Gasteiger partial charge in [0, 0.05) is 6.54 Å². The molecule has 0 aliphatic carbocycles. The zero-order valence-electron chi connectivity index (χ0n) is 12.1. The van der Waals surface area contributed by atoms with Gasteiger partial charge in [0.1, 0.15) is 12.4 Å². The molecule has 0 radical (unpaired) electrons. The molecular weight excluding hydrogens is 299 g/mol. The van der Waals surface area contributed by atoms with Crippen molar-refractivity contribution < 1.29 is 27.8 Å². The Hall–Kier alpha value is -1.76. The Kier molecular flexibility index (Phi) is 4.95. The number of hydrogen-bond donors (Lipinski definition) is 1. The monoisotopic (exact) mass is 317 g/mol. The highest BCUT2D eigenvalue weighted by molar-refractivity contribution is 5.70. The van der Waals surface area contributed by atoms with E-state index in [9.17, 15) is 23.1 Å². The van der Waals surface area contributed by atoms with Gasteiger partial charge in [-0.05, 0) is 50.2 Å². The number of carbonyl (C=O) groups is 1. The molecule has 0 amide bonds.